The molecule has 2 heteroatoms. The maximum atomic E-state index is 9.28. The number of hydrogen-bond acceptors (Lipinski definition) is 2. The number of aliphatic hydroxyl groups excluding tert-OH is 2. The fraction of sp³-hybridized carbons (Fsp3) is 1.00. The minimum atomic E-state index is -0.145. The quantitative estimate of drug-likeness (QED) is 0.731. The third-order valence-electron chi connectivity index (χ3n) is 3.32. The molecule has 0 aromatic carbocycles. The lowest BCUT2D eigenvalue weighted by atomic mass is 9.78. The van der Waals surface area contributed by atoms with E-state index in [-0.39, 0.29) is 12.2 Å². The van der Waals surface area contributed by atoms with Gasteiger partial charge in [0.1, 0.15) is 0 Å². The van der Waals surface area contributed by atoms with Crippen molar-refractivity contribution in [2.45, 2.75) is 64.6 Å². The maximum Gasteiger partial charge on any atom is 0.0514 e. The molecule has 1 fully saturated rings. The standard InChI is InChI=1S/C12H24O2/c1-9(13)7-11-3-5-12(6-4-11)8-10(2)14/h9-14H,3-8H2,1-2H3. The Morgan fingerprint density at radius 1 is 0.857 bits per heavy atom. The molecule has 84 valence electrons. The topological polar surface area (TPSA) is 40.5 Å². The van der Waals surface area contributed by atoms with Crippen molar-refractivity contribution in [3.05, 3.63) is 0 Å². The molecule has 2 atom stereocenters. The van der Waals surface area contributed by atoms with Crippen LogP contribution in [0.5, 0.6) is 0 Å². The van der Waals surface area contributed by atoms with Crippen LogP contribution in [-0.2, 0) is 0 Å². The van der Waals surface area contributed by atoms with Crippen molar-refractivity contribution in [1.82, 2.24) is 0 Å². The summed E-state index contributed by atoms with van der Waals surface area (Å²) in [7, 11) is 0. The molecule has 2 nitrogen and oxygen atoms in total. The van der Waals surface area contributed by atoms with Gasteiger partial charge < -0.3 is 10.2 Å². The third-order valence-corrected chi connectivity index (χ3v) is 3.32. The summed E-state index contributed by atoms with van der Waals surface area (Å²) in [5, 5.41) is 18.6. The first-order valence-electron chi connectivity index (χ1n) is 5.94. The number of rotatable bonds is 4. The third kappa shape index (κ3) is 4.43. The van der Waals surface area contributed by atoms with Crippen molar-refractivity contribution < 1.29 is 10.2 Å². The molecule has 0 bridgehead atoms. The van der Waals surface area contributed by atoms with Gasteiger partial charge in [0.05, 0.1) is 12.2 Å². The fourth-order valence-corrected chi connectivity index (χ4v) is 2.67. The lowest BCUT2D eigenvalue weighted by molar-refractivity contribution is 0.113. The first-order chi connectivity index (χ1) is 6.58. The van der Waals surface area contributed by atoms with E-state index >= 15 is 0 Å². The minimum Gasteiger partial charge on any atom is -0.393 e. The van der Waals surface area contributed by atoms with E-state index in [0.717, 1.165) is 24.7 Å². The van der Waals surface area contributed by atoms with Gasteiger partial charge in [-0.2, -0.15) is 0 Å². The predicted molar refractivity (Wildman–Crippen MR) is 58.0 cm³/mol. The van der Waals surface area contributed by atoms with Crippen LogP contribution < -0.4 is 0 Å². The van der Waals surface area contributed by atoms with Crippen LogP contribution in [-0.4, -0.2) is 22.4 Å². The average Bonchev–Trinajstić information content (AvgIpc) is 2.06. The van der Waals surface area contributed by atoms with Gasteiger partial charge >= 0.3 is 0 Å². The minimum absolute atomic E-state index is 0.145. The van der Waals surface area contributed by atoms with Crippen molar-refractivity contribution >= 4 is 0 Å². The Balaban J connectivity index is 2.17. The van der Waals surface area contributed by atoms with Gasteiger partial charge in [-0.15, -0.1) is 0 Å². The van der Waals surface area contributed by atoms with Crippen molar-refractivity contribution in [2.24, 2.45) is 11.8 Å². The van der Waals surface area contributed by atoms with Crippen LogP contribution in [0, 0.1) is 11.8 Å². The van der Waals surface area contributed by atoms with Crippen LogP contribution in [0.25, 0.3) is 0 Å². The highest BCUT2D eigenvalue weighted by atomic mass is 16.3. The van der Waals surface area contributed by atoms with E-state index in [1.54, 1.807) is 0 Å². The summed E-state index contributed by atoms with van der Waals surface area (Å²) in [4.78, 5) is 0. The smallest absolute Gasteiger partial charge is 0.0514 e. The second-order valence-electron chi connectivity index (χ2n) is 5.06. The van der Waals surface area contributed by atoms with Crippen molar-refractivity contribution in [3.63, 3.8) is 0 Å². The van der Waals surface area contributed by atoms with Gasteiger partial charge in [-0.25, -0.2) is 0 Å². The Morgan fingerprint density at radius 2 is 1.14 bits per heavy atom. The zero-order valence-corrected chi connectivity index (χ0v) is 9.45. The molecule has 0 radical (unpaired) electrons. The van der Waals surface area contributed by atoms with Crippen molar-refractivity contribution in [2.75, 3.05) is 0 Å². The van der Waals surface area contributed by atoms with E-state index < -0.39 is 0 Å². The van der Waals surface area contributed by atoms with Crippen LogP contribution in [0.3, 0.4) is 0 Å². The van der Waals surface area contributed by atoms with Crippen molar-refractivity contribution in [3.8, 4) is 0 Å². The molecule has 0 saturated heterocycles. The summed E-state index contributed by atoms with van der Waals surface area (Å²) in [6, 6.07) is 0. The Bertz CT molecular complexity index is 128. The molecule has 0 spiro atoms. The van der Waals surface area contributed by atoms with Gasteiger partial charge in [0, 0.05) is 0 Å². The fourth-order valence-electron chi connectivity index (χ4n) is 2.67. The Morgan fingerprint density at radius 3 is 1.36 bits per heavy atom. The van der Waals surface area contributed by atoms with E-state index in [4.69, 9.17) is 0 Å². The molecule has 0 amide bonds. The van der Waals surface area contributed by atoms with Crippen LogP contribution >= 0.6 is 0 Å². The second kappa shape index (κ2) is 5.72. The summed E-state index contributed by atoms with van der Waals surface area (Å²) < 4.78 is 0. The van der Waals surface area contributed by atoms with Crippen LogP contribution in [0.15, 0.2) is 0 Å². The zero-order chi connectivity index (χ0) is 10.6. The van der Waals surface area contributed by atoms with E-state index in [1.165, 1.54) is 25.7 Å². The van der Waals surface area contributed by atoms with E-state index in [0.29, 0.717) is 0 Å². The summed E-state index contributed by atoms with van der Waals surface area (Å²) in [6.45, 7) is 3.75. The lowest BCUT2D eigenvalue weighted by Crippen LogP contribution is -2.20. The SMILES string of the molecule is CC(O)CC1CCC(CC(C)O)CC1. The normalized spacial score (nSPS) is 32.6. The van der Waals surface area contributed by atoms with Gasteiger partial charge in [0.15, 0.2) is 0 Å². The summed E-state index contributed by atoms with van der Waals surface area (Å²) in [5.74, 6) is 1.44. The lowest BCUT2D eigenvalue weighted by Gasteiger charge is -2.29. The average molecular weight is 200 g/mol. The van der Waals surface area contributed by atoms with Crippen molar-refractivity contribution in [1.29, 1.82) is 0 Å². The highest BCUT2D eigenvalue weighted by Crippen LogP contribution is 2.33. The molecule has 1 rings (SSSR count). The second-order valence-corrected chi connectivity index (χ2v) is 5.06. The molecule has 1 aliphatic rings. The Kier molecular flexibility index (Phi) is 4.90. The summed E-state index contributed by atoms with van der Waals surface area (Å²) in [5.41, 5.74) is 0. The molecular weight excluding hydrogens is 176 g/mol. The highest BCUT2D eigenvalue weighted by molar-refractivity contribution is 4.74. The van der Waals surface area contributed by atoms with Gasteiger partial charge in [0.2, 0.25) is 0 Å². The van der Waals surface area contributed by atoms with E-state index in [2.05, 4.69) is 0 Å². The Labute approximate surface area is 87.3 Å². The first kappa shape index (κ1) is 12.0. The molecule has 2 N–H and O–H groups in total. The molecule has 0 aromatic heterocycles. The van der Waals surface area contributed by atoms with Crippen LogP contribution in [0.1, 0.15) is 52.4 Å². The maximum absolute atomic E-state index is 9.28. The van der Waals surface area contributed by atoms with E-state index in [9.17, 15) is 10.2 Å². The number of aliphatic hydroxyl groups is 2. The molecule has 0 aromatic rings. The summed E-state index contributed by atoms with van der Waals surface area (Å²) >= 11 is 0. The monoisotopic (exact) mass is 200 g/mol. The van der Waals surface area contributed by atoms with Gasteiger partial charge in [-0.1, -0.05) is 25.7 Å². The largest absolute Gasteiger partial charge is 0.393 e. The van der Waals surface area contributed by atoms with Crippen LogP contribution in [0.2, 0.25) is 0 Å². The molecule has 1 aliphatic carbocycles. The molecule has 0 aliphatic heterocycles. The summed E-state index contributed by atoms with van der Waals surface area (Å²) in [6.07, 6.45) is 6.58. The molecular formula is C12H24O2. The Hall–Kier alpha value is -0.0800. The first-order valence-corrected chi connectivity index (χ1v) is 5.94. The molecule has 0 heterocycles. The van der Waals surface area contributed by atoms with Gasteiger partial charge in [0.25, 0.3) is 0 Å². The zero-order valence-electron chi connectivity index (χ0n) is 9.45. The number of hydrogen-bond donors (Lipinski definition) is 2. The predicted octanol–water partition coefficient (Wildman–Crippen LogP) is 2.33. The molecule has 2 unspecified atom stereocenters. The van der Waals surface area contributed by atoms with Crippen LogP contribution in [0.4, 0.5) is 0 Å². The molecule has 1 saturated carbocycles. The van der Waals surface area contributed by atoms with Gasteiger partial charge in [-0.05, 0) is 38.5 Å². The highest BCUT2D eigenvalue weighted by Gasteiger charge is 2.22. The molecule has 14 heavy (non-hydrogen) atoms. The van der Waals surface area contributed by atoms with Gasteiger partial charge in [-0.3, -0.25) is 0 Å². The van der Waals surface area contributed by atoms with E-state index in [1.807, 2.05) is 13.8 Å².